The van der Waals surface area contributed by atoms with Crippen molar-refractivity contribution in [3.63, 3.8) is 0 Å². The molecule has 0 radical (unpaired) electrons. The molecule has 10 heteroatoms. The number of alkyl halides is 3. The van der Waals surface area contributed by atoms with Gasteiger partial charge in [-0.25, -0.2) is 9.97 Å². The van der Waals surface area contributed by atoms with Gasteiger partial charge >= 0.3 is 6.18 Å². The number of aryl methyl sites for hydroxylation is 1. The van der Waals surface area contributed by atoms with Gasteiger partial charge in [-0.15, -0.1) is 10.2 Å². The van der Waals surface area contributed by atoms with E-state index in [9.17, 15) is 13.2 Å². The number of nitrogens with zero attached hydrogens (tertiary/aromatic N) is 5. The molecule has 0 unspecified atom stereocenters. The van der Waals surface area contributed by atoms with E-state index in [-0.39, 0.29) is 5.03 Å². The SMILES string of the molecule is Cn1cnnc1Sc1cc(C(F)(F)F)nc(Cl)n1. The number of rotatable bonds is 2. The standard InChI is InChI=1S/C8H5ClF3N5S/c1-17-3-13-16-7(17)18-5-2-4(8(10,11)12)14-6(9)15-5/h2-3H,1H3. The van der Waals surface area contributed by atoms with E-state index >= 15 is 0 Å². The van der Waals surface area contributed by atoms with Crippen molar-refractivity contribution in [3.05, 3.63) is 23.4 Å². The molecule has 0 spiro atoms. The van der Waals surface area contributed by atoms with Crippen molar-refractivity contribution in [2.75, 3.05) is 0 Å². The van der Waals surface area contributed by atoms with E-state index in [2.05, 4.69) is 20.2 Å². The van der Waals surface area contributed by atoms with Crippen LogP contribution in [0.3, 0.4) is 0 Å². The lowest BCUT2D eigenvalue weighted by atomic mass is 10.4. The third-order valence-corrected chi connectivity index (χ3v) is 2.97. The zero-order chi connectivity index (χ0) is 13.3. The largest absolute Gasteiger partial charge is 0.433 e. The summed E-state index contributed by atoms with van der Waals surface area (Å²) in [4.78, 5) is 6.83. The molecule has 2 rings (SSSR count). The summed E-state index contributed by atoms with van der Waals surface area (Å²) in [5.74, 6) is 0. The highest BCUT2D eigenvalue weighted by Crippen LogP contribution is 2.32. The van der Waals surface area contributed by atoms with Crippen LogP contribution in [0.5, 0.6) is 0 Å². The van der Waals surface area contributed by atoms with Gasteiger partial charge < -0.3 is 4.57 Å². The fourth-order valence-corrected chi connectivity index (χ4v) is 2.05. The minimum absolute atomic E-state index is 0.0541. The fraction of sp³-hybridized carbons (Fsp3) is 0.250. The highest BCUT2D eigenvalue weighted by molar-refractivity contribution is 7.99. The summed E-state index contributed by atoms with van der Waals surface area (Å²) in [6.45, 7) is 0. The molecular formula is C8H5ClF3N5S. The van der Waals surface area contributed by atoms with Gasteiger partial charge in [0.1, 0.15) is 11.4 Å². The Morgan fingerprint density at radius 1 is 1.33 bits per heavy atom. The highest BCUT2D eigenvalue weighted by atomic mass is 35.5. The van der Waals surface area contributed by atoms with Gasteiger partial charge in [0.25, 0.3) is 0 Å². The second kappa shape index (κ2) is 4.73. The first kappa shape index (κ1) is 13.1. The molecule has 0 N–H and O–H groups in total. The molecule has 0 saturated heterocycles. The lowest BCUT2D eigenvalue weighted by Gasteiger charge is -2.07. The Morgan fingerprint density at radius 2 is 2.06 bits per heavy atom. The van der Waals surface area contributed by atoms with Crippen molar-refractivity contribution in [1.82, 2.24) is 24.7 Å². The molecule has 0 bridgehead atoms. The number of hydrogen-bond acceptors (Lipinski definition) is 5. The number of hydrogen-bond donors (Lipinski definition) is 0. The van der Waals surface area contributed by atoms with Crippen LogP contribution in [0, 0.1) is 0 Å². The summed E-state index contributed by atoms with van der Waals surface area (Å²) in [5.41, 5.74) is -1.09. The van der Waals surface area contributed by atoms with Gasteiger partial charge in [0, 0.05) is 13.1 Å². The molecule has 2 aromatic rings. The molecule has 0 aromatic carbocycles. The third-order valence-electron chi connectivity index (χ3n) is 1.83. The summed E-state index contributed by atoms with van der Waals surface area (Å²) < 4.78 is 39.1. The highest BCUT2D eigenvalue weighted by Gasteiger charge is 2.33. The van der Waals surface area contributed by atoms with E-state index in [1.165, 1.54) is 6.33 Å². The maximum Gasteiger partial charge on any atom is 0.433 e. The van der Waals surface area contributed by atoms with E-state index in [0.717, 1.165) is 17.8 Å². The predicted molar refractivity (Wildman–Crippen MR) is 57.2 cm³/mol. The maximum atomic E-state index is 12.5. The van der Waals surface area contributed by atoms with E-state index < -0.39 is 17.2 Å². The molecule has 0 atom stereocenters. The monoisotopic (exact) mass is 295 g/mol. The third kappa shape index (κ3) is 2.91. The minimum Gasteiger partial charge on any atom is -0.311 e. The van der Waals surface area contributed by atoms with Crippen LogP contribution in [0.15, 0.2) is 22.6 Å². The van der Waals surface area contributed by atoms with Crippen molar-refractivity contribution in [3.8, 4) is 0 Å². The first-order valence-corrected chi connectivity index (χ1v) is 5.69. The van der Waals surface area contributed by atoms with E-state index in [4.69, 9.17) is 11.6 Å². The maximum absolute atomic E-state index is 12.5. The predicted octanol–water partition coefficient (Wildman–Crippen LogP) is 2.43. The van der Waals surface area contributed by atoms with Gasteiger partial charge in [-0.1, -0.05) is 0 Å². The summed E-state index contributed by atoms with van der Waals surface area (Å²) in [6, 6.07) is 0.811. The molecular weight excluding hydrogens is 291 g/mol. The molecule has 2 aromatic heterocycles. The van der Waals surface area contributed by atoms with Crippen LogP contribution in [0.25, 0.3) is 0 Å². The molecule has 0 aliphatic rings. The van der Waals surface area contributed by atoms with Crippen LogP contribution < -0.4 is 0 Å². The summed E-state index contributed by atoms with van der Waals surface area (Å²) in [7, 11) is 1.66. The topological polar surface area (TPSA) is 56.5 Å². The quantitative estimate of drug-likeness (QED) is 0.629. The smallest absolute Gasteiger partial charge is 0.311 e. The van der Waals surface area contributed by atoms with Crippen LogP contribution in [0.2, 0.25) is 5.28 Å². The van der Waals surface area contributed by atoms with Crippen molar-refractivity contribution >= 4 is 23.4 Å². The first-order chi connectivity index (χ1) is 8.36. The molecule has 0 aliphatic carbocycles. The Hall–Kier alpha value is -1.35. The first-order valence-electron chi connectivity index (χ1n) is 4.50. The molecule has 2 heterocycles. The lowest BCUT2D eigenvalue weighted by Crippen LogP contribution is -2.09. The van der Waals surface area contributed by atoms with Gasteiger partial charge in [-0.2, -0.15) is 13.2 Å². The normalized spacial score (nSPS) is 11.8. The summed E-state index contributed by atoms with van der Waals surface area (Å²) in [5, 5.41) is 7.32. The van der Waals surface area contributed by atoms with Crippen molar-refractivity contribution in [2.45, 2.75) is 16.4 Å². The minimum atomic E-state index is -4.57. The summed E-state index contributed by atoms with van der Waals surface area (Å²) in [6.07, 6.45) is -3.14. The molecule has 5 nitrogen and oxygen atoms in total. The van der Waals surface area contributed by atoms with Gasteiger partial charge in [0.2, 0.25) is 5.28 Å². The summed E-state index contributed by atoms with van der Waals surface area (Å²) >= 11 is 6.38. The molecule has 0 amide bonds. The van der Waals surface area contributed by atoms with Gasteiger partial charge in [-0.05, 0) is 23.4 Å². The lowest BCUT2D eigenvalue weighted by molar-refractivity contribution is -0.141. The zero-order valence-corrected chi connectivity index (χ0v) is 10.4. The molecule has 0 aliphatic heterocycles. The van der Waals surface area contributed by atoms with Crippen molar-refractivity contribution < 1.29 is 13.2 Å². The Labute approximate surface area is 108 Å². The fourth-order valence-electron chi connectivity index (χ4n) is 1.05. The van der Waals surface area contributed by atoms with E-state index in [1.54, 1.807) is 11.6 Å². The second-order valence-electron chi connectivity index (χ2n) is 3.18. The van der Waals surface area contributed by atoms with Crippen LogP contribution in [-0.4, -0.2) is 24.7 Å². The Bertz CT molecular complexity index is 570. The second-order valence-corrected chi connectivity index (χ2v) is 4.51. The van der Waals surface area contributed by atoms with Crippen LogP contribution in [0.4, 0.5) is 13.2 Å². The molecule has 0 fully saturated rings. The van der Waals surface area contributed by atoms with E-state index in [1.807, 2.05) is 0 Å². The van der Waals surface area contributed by atoms with Crippen LogP contribution in [-0.2, 0) is 13.2 Å². The molecule has 96 valence electrons. The number of halogens is 4. The van der Waals surface area contributed by atoms with Crippen molar-refractivity contribution in [1.29, 1.82) is 0 Å². The molecule has 0 saturated carbocycles. The molecule has 18 heavy (non-hydrogen) atoms. The zero-order valence-electron chi connectivity index (χ0n) is 8.81. The Morgan fingerprint density at radius 3 is 2.61 bits per heavy atom. The van der Waals surface area contributed by atoms with E-state index in [0.29, 0.717) is 5.16 Å². The average molecular weight is 296 g/mol. The van der Waals surface area contributed by atoms with Crippen LogP contribution in [0.1, 0.15) is 5.69 Å². The van der Waals surface area contributed by atoms with Crippen LogP contribution >= 0.6 is 23.4 Å². The van der Waals surface area contributed by atoms with Gasteiger partial charge in [-0.3, -0.25) is 0 Å². The van der Waals surface area contributed by atoms with Gasteiger partial charge in [0.05, 0.1) is 0 Å². The Kier molecular flexibility index (Phi) is 3.44. The van der Waals surface area contributed by atoms with Gasteiger partial charge in [0.15, 0.2) is 10.9 Å². The Balaban J connectivity index is 2.35. The van der Waals surface area contributed by atoms with Crippen molar-refractivity contribution in [2.24, 2.45) is 7.05 Å². The average Bonchev–Trinajstić information content (AvgIpc) is 2.62. The number of aromatic nitrogens is 5.